The molecular weight excluding hydrogens is 430 g/mol. The zero-order valence-electron chi connectivity index (χ0n) is 19.0. The van der Waals surface area contributed by atoms with Crippen molar-refractivity contribution >= 4 is 17.5 Å². The highest BCUT2D eigenvalue weighted by atomic mass is 16.5. The predicted octanol–water partition coefficient (Wildman–Crippen LogP) is 3.71. The van der Waals surface area contributed by atoms with E-state index in [1.165, 1.54) is 4.90 Å². The van der Waals surface area contributed by atoms with Crippen LogP contribution < -0.4 is 10.1 Å². The van der Waals surface area contributed by atoms with Crippen molar-refractivity contribution in [3.8, 4) is 17.0 Å². The molecule has 1 N–H and O–H groups in total. The van der Waals surface area contributed by atoms with Gasteiger partial charge in [0, 0.05) is 43.0 Å². The average molecular weight is 456 g/mol. The van der Waals surface area contributed by atoms with Crippen LogP contribution in [-0.4, -0.2) is 52.2 Å². The van der Waals surface area contributed by atoms with Gasteiger partial charge in [-0.2, -0.15) is 5.10 Å². The van der Waals surface area contributed by atoms with Crippen molar-refractivity contribution in [3.05, 3.63) is 96.4 Å². The highest BCUT2D eigenvalue weighted by molar-refractivity contribution is 6.02. The number of rotatable bonds is 8. The minimum absolute atomic E-state index is 0.119. The molecule has 2 aromatic heterocycles. The van der Waals surface area contributed by atoms with Gasteiger partial charge in [-0.3, -0.25) is 19.3 Å². The summed E-state index contributed by atoms with van der Waals surface area (Å²) >= 11 is 0. The van der Waals surface area contributed by atoms with Gasteiger partial charge in [-0.25, -0.2) is 0 Å². The number of methoxy groups -OCH3 is 1. The summed E-state index contributed by atoms with van der Waals surface area (Å²) in [4.78, 5) is 31.5. The lowest BCUT2D eigenvalue weighted by atomic mass is 10.1. The van der Waals surface area contributed by atoms with Crippen LogP contribution in [0.4, 0.5) is 5.69 Å². The molecule has 2 aromatic carbocycles. The van der Waals surface area contributed by atoms with Crippen LogP contribution in [0.1, 0.15) is 15.9 Å². The van der Waals surface area contributed by atoms with E-state index in [-0.39, 0.29) is 18.4 Å². The van der Waals surface area contributed by atoms with Gasteiger partial charge in [0.05, 0.1) is 25.8 Å². The Morgan fingerprint density at radius 3 is 2.62 bits per heavy atom. The number of likely N-dealkylation sites (N-methyl/N-ethyl adjacent to an activating group) is 1. The molecule has 172 valence electrons. The van der Waals surface area contributed by atoms with E-state index >= 15 is 0 Å². The molecule has 4 rings (SSSR count). The monoisotopic (exact) mass is 455 g/mol. The van der Waals surface area contributed by atoms with Crippen LogP contribution in [0.15, 0.2) is 85.3 Å². The molecule has 8 heteroatoms. The van der Waals surface area contributed by atoms with Gasteiger partial charge >= 0.3 is 0 Å². The molecule has 0 fully saturated rings. The van der Waals surface area contributed by atoms with Gasteiger partial charge in [-0.05, 0) is 29.8 Å². The van der Waals surface area contributed by atoms with E-state index in [1.807, 2.05) is 36.4 Å². The van der Waals surface area contributed by atoms with E-state index in [9.17, 15) is 9.59 Å². The van der Waals surface area contributed by atoms with Crippen molar-refractivity contribution in [2.45, 2.75) is 6.54 Å². The van der Waals surface area contributed by atoms with Gasteiger partial charge in [0.15, 0.2) is 0 Å². The standard InChI is InChI=1S/C26H25N5O3/c1-30(18-24(32)28-21-11-6-12-22(14-21)34-2)26(33)23-17-31(16-19-8-4-3-5-9-19)29-25(23)20-10-7-13-27-15-20/h3-15,17H,16,18H2,1-2H3,(H,28,32). The maximum Gasteiger partial charge on any atom is 0.257 e. The first kappa shape index (κ1) is 22.7. The Bertz CT molecular complexity index is 1270. The largest absolute Gasteiger partial charge is 0.497 e. The third-order valence-electron chi connectivity index (χ3n) is 5.20. The smallest absolute Gasteiger partial charge is 0.257 e. The molecule has 34 heavy (non-hydrogen) atoms. The Kier molecular flexibility index (Phi) is 6.98. The summed E-state index contributed by atoms with van der Waals surface area (Å²) in [6.45, 7) is 0.397. The lowest BCUT2D eigenvalue weighted by Crippen LogP contribution is -2.35. The molecule has 0 bridgehead atoms. The molecule has 2 heterocycles. The molecule has 0 aliphatic heterocycles. The fourth-order valence-electron chi connectivity index (χ4n) is 3.54. The van der Waals surface area contributed by atoms with Crippen LogP contribution in [0.3, 0.4) is 0 Å². The van der Waals surface area contributed by atoms with Crippen molar-refractivity contribution in [1.29, 1.82) is 0 Å². The second kappa shape index (κ2) is 10.4. The minimum atomic E-state index is -0.316. The summed E-state index contributed by atoms with van der Waals surface area (Å²) in [5.74, 6) is 0.0110. The molecule has 2 amide bonds. The average Bonchev–Trinajstić information content (AvgIpc) is 3.28. The van der Waals surface area contributed by atoms with Gasteiger partial charge in [0.25, 0.3) is 5.91 Å². The fourth-order valence-corrected chi connectivity index (χ4v) is 3.54. The molecule has 0 aliphatic carbocycles. The first-order valence-electron chi connectivity index (χ1n) is 10.7. The van der Waals surface area contributed by atoms with E-state index < -0.39 is 0 Å². The Hall–Kier alpha value is -4.46. The fraction of sp³-hybridized carbons (Fsp3) is 0.154. The number of aromatic nitrogens is 3. The lowest BCUT2D eigenvalue weighted by molar-refractivity contribution is -0.116. The number of benzene rings is 2. The summed E-state index contributed by atoms with van der Waals surface area (Å²) in [7, 11) is 3.15. The Morgan fingerprint density at radius 2 is 1.88 bits per heavy atom. The van der Waals surface area contributed by atoms with Gasteiger partial charge in [-0.1, -0.05) is 36.4 Å². The van der Waals surface area contributed by atoms with Crippen LogP contribution in [0, 0.1) is 0 Å². The molecular formula is C26H25N5O3. The van der Waals surface area contributed by atoms with Crippen molar-refractivity contribution in [3.63, 3.8) is 0 Å². The van der Waals surface area contributed by atoms with Gasteiger partial charge in [0.1, 0.15) is 11.4 Å². The molecule has 4 aromatic rings. The van der Waals surface area contributed by atoms with Crippen molar-refractivity contribution in [2.24, 2.45) is 0 Å². The highest BCUT2D eigenvalue weighted by Gasteiger charge is 2.23. The van der Waals surface area contributed by atoms with Gasteiger partial charge in [-0.15, -0.1) is 0 Å². The third kappa shape index (κ3) is 5.47. The van der Waals surface area contributed by atoms with Crippen LogP contribution in [-0.2, 0) is 11.3 Å². The summed E-state index contributed by atoms with van der Waals surface area (Å²) in [5, 5.41) is 7.45. The topological polar surface area (TPSA) is 89.4 Å². The molecule has 0 saturated heterocycles. The van der Waals surface area contributed by atoms with Crippen LogP contribution in [0.5, 0.6) is 5.75 Å². The maximum absolute atomic E-state index is 13.3. The second-order valence-electron chi connectivity index (χ2n) is 7.76. The number of amides is 2. The molecule has 0 radical (unpaired) electrons. The third-order valence-corrected chi connectivity index (χ3v) is 5.20. The first-order valence-corrected chi connectivity index (χ1v) is 10.7. The van der Waals surface area contributed by atoms with Crippen molar-refractivity contribution in [2.75, 3.05) is 26.0 Å². The summed E-state index contributed by atoms with van der Waals surface area (Å²) < 4.78 is 6.91. The number of carbonyl (C=O) groups excluding carboxylic acids is 2. The van der Waals surface area contributed by atoms with E-state index in [0.29, 0.717) is 29.2 Å². The lowest BCUT2D eigenvalue weighted by Gasteiger charge is -2.17. The Morgan fingerprint density at radius 1 is 1.06 bits per heavy atom. The van der Waals surface area contributed by atoms with E-state index in [4.69, 9.17) is 4.74 Å². The van der Waals surface area contributed by atoms with Gasteiger partial charge in [0.2, 0.25) is 5.91 Å². The number of nitrogens with zero attached hydrogens (tertiary/aromatic N) is 4. The van der Waals surface area contributed by atoms with Gasteiger partial charge < -0.3 is 15.0 Å². The number of hydrogen-bond donors (Lipinski definition) is 1. The normalized spacial score (nSPS) is 10.5. The quantitative estimate of drug-likeness (QED) is 0.438. The minimum Gasteiger partial charge on any atom is -0.497 e. The number of nitrogens with one attached hydrogen (secondary N) is 1. The molecule has 0 atom stereocenters. The van der Waals surface area contributed by atoms with Crippen LogP contribution >= 0.6 is 0 Å². The molecule has 0 saturated carbocycles. The van der Waals surface area contributed by atoms with E-state index in [1.54, 1.807) is 67.8 Å². The maximum atomic E-state index is 13.3. The highest BCUT2D eigenvalue weighted by Crippen LogP contribution is 2.23. The van der Waals surface area contributed by atoms with Crippen molar-refractivity contribution < 1.29 is 14.3 Å². The Balaban J connectivity index is 1.54. The SMILES string of the molecule is COc1cccc(NC(=O)CN(C)C(=O)c2cn(Cc3ccccc3)nc2-c2cccnc2)c1. The predicted molar refractivity (Wildman–Crippen MR) is 130 cm³/mol. The number of anilines is 1. The summed E-state index contributed by atoms with van der Waals surface area (Å²) in [5.41, 5.74) is 3.31. The van der Waals surface area contributed by atoms with E-state index in [2.05, 4.69) is 15.4 Å². The number of ether oxygens (including phenoxy) is 1. The summed E-state index contributed by atoms with van der Waals surface area (Å²) in [6.07, 6.45) is 5.05. The molecule has 0 aliphatic rings. The first-order chi connectivity index (χ1) is 16.5. The Labute approximate surface area is 197 Å². The zero-order valence-corrected chi connectivity index (χ0v) is 19.0. The number of pyridine rings is 1. The molecule has 8 nitrogen and oxygen atoms in total. The van der Waals surface area contributed by atoms with Crippen LogP contribution in [0.25, 0.3) is 11.3 Å². The zero-order chi connectivity index (χ0) is 23.9. The van der Waals surface area contributed by atoms with E-state index in [0.717, 1.165) is 11.1 Å². The number of hydrogen-bond acceptors (Lipinski definition) is 5. The molecule has 0 spiro atoms. The van der Waals surface area contributed by atoms with Crippen molar-refractivity contribution in [1.82, 2.24) is 19.7 Å². The molecule has 0 unspecified atom stereocenters. The second-order valence-corrected chi connectivity index (χ2v) is 7.76. The van der Waals surface area contributed by atoms with Crippen LogP contribution in [0.2, 0.25) is 0 Å². The summed E-state index contributed by atoms with van der Waals surface area (Å²) in [6, 6.07) is 20.6. The number of carbonyl (C=O) groups is 2.